The van der Waals surface area contributed by atoms with Crippen LogP contribution in [0, 0.1) is 0 Å². The van der Waals surface area contributed by atoms with Crippen molar-refractivity contribution >= 4 is 17.6 Å². The minimum Gasteiger partial charge on any atom is -0.482 e. The maximum absolute atomic E-state index is 11.8. The molecule has 2 N–H and O–H groups in total. The number of aliphatic carboxylic acids is 1. The molecule has 0 atom stereocenters. The van der Waals surface area contributed by atoms with Gasteiger partial charge in [0.05, 0.1) is 0 Å². The fraction of sp³-hybridized carbons (Fsp3) is 0.500. The molecule has 1 rings (SSSR count). The van der Waals surface area contributed by atoms with E-state index in [1.54, 1.807) is 24.3 Å². The Bertz CT molecular complexity index is 459. The normalized spacial score (nSPS) is 10.1. The number of carboxylic acid groups (broad SMARTS) is 1. The van der Waals surface area contributed by atoms with E-state index in [0.717, 1.165) is 12.8 Å². The Kier molecular flexibility index (Phi) is 7.94. The number of amides is 1. The molecule has 0 saturated carbocycles. The van der Waals surface area contributed by atoms with E-state index in [2.05, 4.69) is 12.2 Å². The van der Waals surface area contributed by atoms with Crippen molar-refractivity contribution in [3.05, 3.63) is 24.3 Å². The maximum Gasteiger partial charge on any atom is 0.341 e. The van der Waals surface area contributed by atoms with Crippen LogP contribution in [0.15, 0.2) is 24.3 Å². The molecular formula is C16H23NO4. The van der Waals surface area contributed by atoms with Gasteiger partial charge in [0.25, 0.3) is 0 Å². The molecule has 0 unspecified atom stereocenters. The zero-order valence-corrected chi connectivity index (χ0v) is 12.4. The van der Waals surface area contributed by atoms with E-state index in [0.29, 0.717) is 17.9 Å². The standard InChI is InChI=1S/C16H23NO4/c1-2-3-4-5-6-10-15(18)17-13-8-7-9-14(11-13)21-12-16(19)20/h7-9,11H,2-6,10,12H2,1H3,(H,17,18)(H,19,20). The van der Waals surface area contributed by atoms with Gasteiger partial charge in [-0.05, 0) is 18.6 Å². The van der Waals surface area contributed by atoms with E-state index in [1.807, 2.05) is 0 Å². The SMILES string of the molecule is CCCCCCCC(=O)Nc1cccc(OCC(=O)O)c1. The van der Waals surface area contributed by atoms with E-state index < -0.39 is 12.6 Å². The number of ether oxygens (including phenoxy) is 1. The Morgan fingerprint density at radius 3 is 2.67 bits per heavy atom. The summed E-state index contributed by atoms with van der Waals surface area (Å²) in [5.74, 6) is -0.628. The fourth-order valence-electron chi connectivity index (χ4n) is 1.92. The number of nitrogens with one attached hydrogen (secondary N) is 1. The van der Waals surface area contributed by atoms with Crippen molar-refractivity contribution in [3.63, 3.8) is 0 Å². The molecule has 0 heterocycles. The number of carboxylic acids is 1. The molecule has 5 heteroatoms. The van der Waals surface area contributed by atoms with Crippen molar-refractivity contribution in [2.75, 3.05) is 11.9 Å². The Morgan fingerprint density at radius 2 is 1.95 bits per heavy atom. The quantitative estimate of drug-likeness (QED) is 0.648. The average molecular weight is 293 g/mol. The molecule has 0 fully saturated rings. The molecule has 0 bridgehead atoms. The molecule has 0 aromatic heterocycles. The Hall–Kier alpha value is -2.04. The number of benzene rings is 1. The first-order valence-electron chi connectivity index (χ1n) is 7.36. The number of hydrogen-bond donors (Lipinski definition) is 2. The summed E-state index contributed by atoms with van der Waals surface area (Å²) >= 11 is 0. The van der Waals surface area contributed by atoms with E-state index in [4.69, 9.17) is 9.84 Å². The van der Waals surface area contributed by atoms with Gasteiger partial charge in [0.1, 0.15) is 5.75 Å². The lowest BCUT2D eigenvalue weighted by atomic mass is 10.1. The molecule has 5 nitrogen and oxygen atoms in total. The van der Waals surface area contributed by atoms with Gasteiger partial charge in [-0.25, -0.2) is 4.79 Å². The minimum absolute atomic E-state index is 0.0260. The molecule has 1 aromatic carbocycles. The summed E-state index contributed by atoms with van der Waals surface area (Å²) in [6.45, 7) is 1.76. The topological polar surface area (TPSA) is 75.6 Å². The smallest absolute Gasteiger partial charge is 0.341 e. The number of rotatable bonds is 10. The summed E-state index contributed by atoms with van der Waals surface area (Å²) < 4.78 is 5.06. The molecule has 0 radical (unpaired) electrons. The summed E-state index contributed by atoms with van der Waals surface area (Å²) in [6, 6.07) is 6.75. The van der Waals surface area contributed by atoms with Crippen molar-refractivity contribution in [1.82, 2.24) is 0 Å². The largest absolute Gasteiger partial charge is 0.482 e. The highest BCUT2D eigenvalue weighted by Crippen LogP contribution is 2.17. The van der Waals surface area contributed by atoms with Crippen LogP contribution < -0.4 is 10.1 Å². The van der Waals surface area contributed by atoms with Crippen molar-refractivity contribution in [2.45, 2.75) is 45.4 Å². The van der Waals surface area contributed by atoms with Gasteiger partial charge in [0, 0.05) is 18.2 Å². The first-order valence-corrected chi connectivity index (χ1v) is 7.36. The Balaban J connectivity index is 2.34. The molecule has 0 spiro atoms. The van der Waals surface area contributed by atoms with E-state index >= 15 is 0 Å². The van der Waals surface area contributed by atoms with Crippen LogP contribution in [0.2, 0.25) is 0 Å². The summed E-state index contributed by atoms with van der Waals surface area (Å²) in [5, 5.41) is 11.3. The zero-order valence-electron chi connectivity index (χ0n) is 12.4. The highest BCUT2D eigenvalue weighted by atomic mass is 16.5. The van der Waals surface area contributed by atoms with Crippen LogP contribution in [0.1, 0.15) is 45.4 Å². The third kappa shape index (κ3) is 7.97. The molecule has 0 saturated heterocycles. The predicted molar refractivity (Wildman–Crippen MR) is 81.6 cm³/mol. The lowest BCUT2D eigenvalue weighted by molar-refractivity contribution is -0.139. The van der Waals surface area contributed by atoms with Crippen LogP contribution in [-0.2, 0) is 9.59 Å². The Labute approximate surface area is 125 Å². The van der Waals surface area contributed by atoms with Crippen LogP contribution in [0.4, 0.5) is 5.69 Å². The number of unbranched alkanes of at least 4 members (excludes halogenated alkanes) is 4. The van der Waals surface area contributed by atoms with Gasteiger partial charge in [-0.1, -0.05) is 38.7 Å². The third-order valence-corrected chi connectivity index (χ3v) is 2.99. The molecule has 0 aliphatic rings. The molecule has 1 aromatic rings. The van der Waals surface area contributed by atoms with Gasteiger partial charge in [0.15, 0.2) is 6.61 Å². The summed E-state index contributed by atoms with van der Waals surface area (Å²) in [4.78, 5) is 22.2. The van der Waals surface area contributed by atoms with Crippen LogP contribution >= 0.6 is 0 Å². The third-order valence-electron chi connectivity index (χ3n) is 2.99. The second-order valence-corrected chi connectivity index (χ2v) is 4.92. The Morgan fingerprint density at radius 1 is 1.19 bits per heavy atom. The van der Waals surface area contributed by atoms with Gasteiger partial charge in [-0.3, -0.25) is 4.79 Å². The second-order valence-electron chi connectivity index (χ2n) is 4.92. The molecule has 1 amide bonds. The van der Waals surface area contributed by atoms with Gasteiger partial charge in [0.2, 0.25) is 5.91 Å². The summed E-state index contributed by atoms with van der Waals surface area (Å²) in [7, 11) is 0. The lowest BCUT2D eigenvalue weighted by Gasteiger charge is -2.08. The number of anilines is 1. The van der Waals surface area contributed by atoms with Crippen LogP contribution in [0.5, 0.6) is 5.75 Å². The van der Waals surface area contributed by atoms with Crippen molar-refractivity contribution in [1.29, 1.82) is 0 Å². The van der Waals surface area contributed by atoms with Crippen LogP contribution in [0.3, 0.4) is 0 Å². The molecule has 0 aliphatic carbocycles. The highest BCUT2D eigenvalue weighted by molar-refractivity contribution is 5.90. The van der Waals surface area contributed by atoms with Gasteiger partial charge < -0.3 is 15.2 Å². The first-order chi connectivity index (χ1) is 10.1. The predicted octanol–water partition coefficient (Wildman–Crippen LogP) is 3.45. The van der Waals surface area contributed by atoms with Gasteiger partial charge in [-0.15, -0.1) is 0 Å². The maximum atomic E-state index is 11.8. The monoisotopic (exact) mass is 293 g/mol. The molecule has 21 heavy (non-hydrogen) atoms. The summed E-state index contributed by atoms with van der Waals surface area (Å²) in [6.07, 6.45) is 6.04. The number of carbonyl (C=O) groups is 2. The number of carbonyl (C=O) groups excluding carboxylic acids is 1. The van der Waals surface area contributed by atoms with Crippen molar-refractivity contribution < 1.29 is 19.4 Å². The van der Waals surface area contributed by atoms with Crippen LogP contribution in [0.25, 0.3) is 0 Å². The second kappa shape index (κ2) is 9.80. The minimum atomic E-state index is -1.03. The molecule has 0 aliphatic heterocycles. The van der Waals surface area contributed by atoms with Crippen molar-refractivity contribution in [2.24, 2.45) is 0 Å². The zero-order chi connectivity index (χ0) is 15.5. The van der Waals surface area contributed by atoms with Crippen molar-refractivity contribution in [3.8, 4) is 5.75 Å². The van der Waals surface area contributed by atoms with E-state index in [1.165, 1.54) is 19.3 Å². The van der Waals surface area contributed by atoms with Gasteiger partial charge >= 0.3 is 5.97 Å². The van der Waals surface area contributed by atoms with Gasteiger partial charge in [-0.2, -0.15) is 0 Å². The first kappa shape index (κ1) is 17.0. The van der Waals surface area contributed by atoms with E-state index in [9.17, 15) is 9.59 Å². The average Bonchev–Trinajstić information content (AvgIpc) is 2.45. The highest BCUT2D eigenvalue weighted by Gasteiger charge is 2.04. The fourth-order valence-corrected chi connectivity index (χ4v) is 1.92. The molecular weight excluding hydrogens is 270 g/mol. The lowest BCUT2D eigenvalue weighted by Crippen LogP contribution is -2.12. The van der Waals surface area contributed by atoms with Crippen LogP contribution in [-0.4, -0.2) is 23.6 Å². The number of hydrogen-bond acceptors (Lipinski definition) is 3. The van der Waals surface area contributed by atoms with E-state index in [-0.39, 0.29) is 5.91 Å². The summed E-state index contributed by atoms with van der Waals surface area (Å²) in [5.41, 5.74) is 0.622. The molecule has 116 valence electrons.